The van der Waals surface area contributed by atoms with E-state index in [2.05, 4.69) is 16.7 Å². The maximum atomic E-state index is 12.1. The molecule has 2 N–H and O–H groups in total. The number of amides is 2. The first kappa shape index (κ1) is 12.7. The number of benzene rings is 2. The van der Waals surface area contributed by atoms with Gasteiger partial charge < -0.3 is 10.6 Å². The van der Waals surface area contributed by atoms with Crippen molar-refractivity contribution in [1.82, 2.24) is 0 Å². The third kappa shape index (κ3) is 2.99. The second kappa shape index (κ2) is 5.37. The molecular formula is C17H18N2O. The van der Waals surface area contributed by atoms with Gasteiger partial charge in [-0.3, -0.25) is 0 Å². The average molecular weight is 266 g/mol. The van der Waals surface area contributed by atoms with Crippen LogP contribution < -0.4 is 10.6 Å². The number of anilines is 2. The predicted molar refractivity (Wildman–Crippen MR) is 82.2 cm³/mol. The molecule has 3 nitrogen and oxygen atoms in total. The van der Waals surface area contributed by atoms with Crippen LogP contribution in [0.5, 0.6) is 0 Å². The predicted octanol–water partition coefficient (Wildman–Crippen LogP) is 4.52. The van der Waals surface area contributed by atoms with Gasteiger partial charge in [0.2, 0.25) is 0 Å². The van der Waals surface area contributed by atoms with E-state index in [-0.39, 0.29) is 6.03 Å². The van der Waals surface area contributed by atoms with Gasteiger partial charge in [0.25, 0.3) is 0 Å². The number of nitrogens with one attached hydrogen (secondary N) is 2. The molecule has 0 bridgehead atoms. The summed E-state index contributed by atoms with van der Waals surface area (Å²) in [5.74, 6) is 0.616. The Kier molecular flexibility index (Phi) is 3.42. The molecule has 0 aromatic heterocycles. The van der Waals surface area contributed by atoms with Crippen molar-refractivity contribution in [3.8, 4) is 0 Å². The van der Waals surface area contributed by atoms with Gasteiger partial charge in [-0.1, -0.05) is 30.3 Å². The molecule has 0 aliphatic heterocycles. The van der Waals surface area contributed by atoms with Gasteiger partial charge in [-0.2, -0.15) is 0 Å². The summed E-state index contributed by atoms with van der Waals surface area (Å²) in [5.41, 5.74) is 4.10. The largest absolute Gasteiger partial charge is 0.323 e. The summed E-state index contributed by atoms with van der Waals surface area (Å²) in [7, 11) is 0. The van der Waals surface area contributed by atoms with Crippen LogP contribution in [0.3, 0.4) is 0 Å². The molecule has 102 valence electrons. The summed E-state index contributed by atoms with van der Waals surface area (Å²) in [6.45, 7) is 2.01. The van der Waals surface area contributed by atoms with Crippen molar-refractivity contribution in [2.45, 2.75) is 25.7 Å². The Balaban J connectivity index is 1.70. The first-order valence-corrected chi connectivity index (χ1v) is 6.96. The fourth-order valence-corrected chi connectivity index (χ4v) is 2.37. The molecule has 0 saturated heterocycles. The van der Waals surface area contributed by atoms with Crippen LogP contribution in [0.25, 0.3) is 0 Å². The van der Waals surface area contributed by atoms with Crippen LogP contribution in [0.2, 0.25) is 0 Å². The Bertz CT molecular complexity index is 632. The molecule has 1 aliphatic carbocycles. The fraction of sp³-hybridized carbons (Fsp3) is 0.235. The van der Waals surface area contributed by atoms with Crippen LogP contribution >= 0.6 is 0 Å². The molecular weight excluding hydrogens is 248 g/mol. The number of hydrogen-bond acceptors (Lipinski definition) is 1. The average Bonchev–Trinajstić information content (AvgIpc) is 3.23. The maximum absolute atomic E-state index is 12.1. The molecule has 0 radical (unpaired) electrons. The Morgan fingerprint density at radius 2 is 1.85 bits per heavy atom. The van der Waals surface area contributed by atoms with E-state index >= 15 is 0 Å². The number of rotatable bonds is 3. The number of para-hydroxylation sites is 1. The highest BCUT2D eigenvalue weighted by molar-refractivity contribution is 6.00. The van der Waals surface area contributed by atoms with Gasteiger partial charge in [-0.25, -0.2) is 4.79 Å². The van der Waals surface area contributed by atoms with E-state index in [1.165, 1.54) is 18.4 Å². The summed E-state index contributed by atoms with van der Waals surface area (Å²) >= 11 is 0. The minimum Gasteiger partial charge on any atom is -0.308 e. The molecule has 20 heavy (non-hydrogen) atoms. The maximum Gasteiger partial charge on any atom is 0.323 e. The monoisotopic (exact) mass is 266 g/mol. The zero-order valence-corrected chi connectivity index (χ0v) is 11.5. The van der Waals surface area contributed by atoms with E-state index < -0.39 is 0 Å². The minimum absolute atomic E-state index is 0.191. The normalized spacial score (nSPS) is 13.8. The number of urea groups is 1. The smallest absolute Gasteiger partial charge is 0.308 e. The molecule has 2 aromatic carbocycles. The number of carbonyl (C=O) groups excluding carboxylic acids is 1. The van der Waals surface area contributed by atoms with Crippen molar-refractivity contribution < 1.29 is 4.79 Å². The standard InChI is InChI=1S/C17H18N2O/c1-12-5-4-6-14(11-12)18-17(20)19-16-8-3-2-7-15(16)13-9-10-13/h2-8,11,13H,9-10H2,1H3,(H2,18,19,20). The molecule has 3 rings (SSSR count). The number of carbonyl (C=O) groups is 1. The van der Waals surface area contributed by atoms with Gasteiger partial charge in [0.05, 0.1) is 0 Å². The fourth-order valence-electron chi connectivity index (χ4n) is 2.37. The second-order valence-electron chi connectivity index (χ2n) is 5.31. The Hall–Kier alpha value is -2.29. The van der Waals surface area contributed by atoms with Gasteiger partial charge >= 0.3 is 6.03 Å². The first-order valence-electron chi connectivity index (χ1n) is 6.96. The van der Waals surface area contributed by atoms with E-state index in [1.54, 1.807) is 0 Å². The summed E-state index contributed by atoms with van der Waals surface area (Å²) in [5, 5.41) is 5.82. The summed E-state index contributed by atoms with van der Waals surface area (Å²) < 4.78 is 0. The van der Waals surface area contributed by atoms with Crippen molar-refractivity contribution >= 4 is 17.4 Å². The van der Waals surface area contributed by atoms with Crippen LogP contribution in [0.1, 0.15) is 29.9 Å². The lowest BCUT2D eigenvalue weighted by atomic mass is 10.1. The second-order valence-corrected chi connectivity index (χ2v) is 5.31. The minimum atomic E-state index is -0.191. The van der Waals surface area contributed by atoms with Gasteiger partial charge in [0, 0.05) is 11.4 Å². The van der Waals surface area contributed by atoms with Gasteiger partial charge in [-0.15, -0.1) is 0 Å². The third-order valence-corrected chi connectivity index (χ3v) is 3.50. The van der Waals surface area contributed by atoms with E-state index in [4.69, 9.17) is 0 Å². The summed E-state index contributed by atoms with van der Waals surface area (Å²) in [6, 6.07) is 15.6. The molecule has 2 amide bonds. The van der Waals surface area contributed by atoms with Crippen molar-refractivity contribution in [3.05, 3.63) is 59.7 Å². The third-order valence-electron chi connectivity index (χ3n) is 3.50. The lowest BCUT2D eigenvalue weighted by Crippen LogP contribution is -2.20. The zero-order valence-electron chi connectivity index (χ0n) is 11.5. The topological polar surface area (TPSA) is 41.1 Å². The molecule has 2 aromatic rings. The lowest BCUT2D eigenvalue weighted by molar-refractivity contribution is 0.262. The van der Waals surface area contributed by atoms with E-state index in [0.717, 1.165) is 16.9 Å². The summed E-state index contributed by atoms with van der Waals surface area (Å²) in [4.78, 5) is 12.1. The molecule has 1 fully saturated rings. The van der Waals surface area contributed by atoms with Gasteiger partial charge in [0.1, 0.15) is 0 Å². The van der Waals surface area contributed by atoms with Gasteiger partial charge in [-0.05, 0) is 55.0 Å². The van der Waals surface area contributed by atoms with E-state index in [9.17, 15) is 4.79 Å². The Morgan fingerprint density at radius 1 is 1.05 bits per heavy atom. The Morgan fingerprint density at radius 3 is 2.60 bits per heavy atom. The lowest BCUT2D eigenvalue weighted by Gasteiger charge is -2.11. The van der Waals surface area contributed by atoms with Crippen LogP contribution in [-0.2, 0) is 0 Å². The number of hydrogen-bond donors (Lipinski definition) is 2. The molecule has 0 spiro atoms. The molecule has 1 saturated carbocycles. The molecule has 0 heterocycles. The first-order chi connectivity index (χ1) is 9.72. The molecule has 1 aliphatic rings. The Labute approximate surface area is 119 Å². The van der Waals surface area contributed by atoms with Crippen LogP contribution in [0.4, 0.5) is 16.2 Å². The highest BCUT2D eigenvalue weighted by atomic mass is 16.2. The van der Waals surface area contributed by atoms with Gasteiger partial charge in [0.15, 0.2) is 0 Å². The molecule has 0 atom stereocenters. The van der Waals surface area contributed by atoms with Crippen LogP contribution in [0, 0.1) is 6.92 Å². The van der Waals surface area contributed by atoms with Crippen LogP contribution in [0.15, 0.2) is 48.5 Å². The highest BCUT2D eigenvalue weighted by Gasteiger charge is 2.26. The van der Waals surface area contributed by atoms with E-state index in [1.807, 2.05) is 49.4 Å². The van der Waals surface area contributed by atoms with Crippen molar-refractivity contribution in [3.63, 3.8) is 0 Å². The van der Waals surface area contributed by atoms with E-state index in [0.29, 0.717) is 5.92 Å². The van der Waals surface area contributed by atoms with Crippen molar-refractivity contribution in [2.75, 3.05) is 10.6 Å². The van der Waals surface area contributed by atoms with Crippen LogP contribution in [-0.4, -0.2) is 6.03 Å². The van der Waals surface area contributed by atoms with Crippen molar-refractivity contribution in [1.29, 1.82) is 0 Å². The zero-order chi connectivity index (χ0) is 13.9. The molecule has 0 unspecified atom stereocenters. The quantitative estimate of drug-likeness (QED) is 0.842. The SMILES string of the molecule is Cc1cccc(NC(=O)Nc2ccccc2C2CC2)c1. The number of aryl methyl sites for hydroxylation is 1. The van der Waals surface area contributed by atoms with Crippen molar-refractivity contribution in [2.24, 2.45) is 0 Å². The highest BCUT2D eigenvalue weighted by Crippen LogP contribution is 2.43. The summed E-state index contributed by atoms with van der Waals surface area (Å²) in [6.07, 6.45) is 2.44. The molecule has 3 heteroatoms.